The highest BCUT2D eigenvalue weighted by Gasteiger charge is 2.44. The molecule has 140 valence electrons. The highest BCUT2D eigenvalue weighted by molar-refractivity contribution is 5.81. The lowest BCUT2D eigenvalue weighted by Crippen LogP contribution is -2.51. The SMILES string of the molecule is NC1CCC2CN(C(=O)C3CCCN(C(=O)NC4CCCC4)C3)CC12. The van der Waals surface area contributed by atoms with Gasteiger partial charge in [0, 0.05) is 38.3 Å². The van der Waals surface area contributed by atoms with E-state index in [2.05, 4.69) is 5.32 Å². The second-order valence-corrected chi connectivity index (χ2v) is 8.62. The van der Waals surface area contributed by atoms with Crippen LogP contribution in [0.5, 0.6) is 0 Å². The van der Waals surface area contributed by atoms with Gasteiger partial charge in [-0.3, -0.25) is 4.79 Å². The van der Waals surface area contributed by atoms with Crippen molar-refractivity contribution in [1.29, 1.82) is 0 Å². The standard InChI is InChI=1S/C19H32N4O2/c20-17-8-7-13-10-23(12-16(13)17)18(24)14-4-3-9-22(11-14)19(25)21-15-5-1-2-6-15/h13-17H,1-12,20H2,(H,21,25). The number of fused-ring (bicyclic) bond motifs is 1. The minimum atomic E-state index is -0.0295. The van der Waals surface area contributed by atoms with Crippen molar-refractivity contribution in [2.75, 3.05) is 26.2 Å². The van der Waals surface area contributed by atoms with Gasteiger partial charge in [0.1, 0.15) is 0 Å². The second-order valence-electron chi connectivity index (χ2n) is 8.62. The number of rotatable bonds is 2. The molecule has 6 nitrogen and oxygen atoms in total. The molecular formula is C19H32N4O2. The highest BCUT2D eigenvalue weighted by Crippen LogP contribution is 2.38. The maximum Gasteiger partial charge on any atom is 0.317 e. The van der Waals surface area contributed by atoms with E-state index < -0.39 is 0 Å². The van der Waals surface area contributed by atoms with Crippen molar-refractivity contribution in [2.45, 2.75) is 63.5 Å². The van der Waals surface area contributed by atoms with E-state index in [0.29, 0.717) is 24.4 Å². The normalized spacial score (nSPS) is 35.9. The number of hydrogen-bond donors (Lipinski definition) is 2. The van der Waals surface area contributed by atoms with Crippen LogP contribution in [0.2, 0.25) is 0 Å². The maximum atomic E-state index is 13.0. The van der Waals surface area contributed by atoms with Gasteiger partial charge in [-0.1, -0.05) is 12.8 Å². The Bertz CT molecular complexity index is 520. The van der Waals surface area contributed by atoms with Crippen molar-refractivity contribution in [3.05, 3.63) is 0 Å². The Hall–Kier alpha value is -1.30. The third kappa shape index (κ3) is 3.50. The molecule has 0 radical (unpaired) electrons. The van der Waals surface area contributed by atoms with Gasteiger partial charge in [0.2, 0.25) is 5.91 Å². The van der Waals surface area contributed by atoms with E-state index in [-0.39, 0.29) is 23.9 Å². The fourth-order valence-electron chi connectivity index (χ4n) is 5.44. The molecule has 6 heteroatoms. The molecule has 0 aromatic heterocycles. The van der Waals surface area contributed by atoms with Crippen LogP contribution in [0.4, 0.5) is 4.79 Å². The molecule has 0 spiro atoms. The summed E-state index contributed by atoms with van der Waals surface area (Å²) in [5.74, 6) is 1.32. The first-order valence-electron chi connectivity index (χ1n) is 10.2. The van der Waals surface area contributed by atoms with Gasteiger partial charge in [-0.2, -0.15) is 0 Å². The monoisotopic (exact) mass is 348 g/mol. The molecule has 4 unspecified atom stereocenters. The van der Waals surface area contributed by atoms with Crippen molar-refractivity contribution in [3.8, 4) is 0 Å². The summed E-state index contributed by atoms with van der Waals surface area (Å²) in [6.07, 6.45) is 8.72. The number of amides is 3. The first kappa shape index (κ1) is 17.1. The Kier molecular flexibility index (Phi) is 4.89. The fourth-order valence-corrected chi connectivity index (χ4v) is 5.44. The van der Waals surface area contributed by atoms with Gasteiger partial charge in [0.15, 0.2) is 0 Å². The number of urea groups is 1. The molecular weight excluding hydrogens is 316 g/mol. The van der Waals surface area contributed by atoms with Crippen LogP contribution in [0.15, 0.2) is 0 Å². The topological polar surface area (TPSA) is 78.7 Å². The van der Waals surface area contributed by atoms with Crippen LogP contribution in [-0.2, 0) is 4.79 Å². The maximum absolute atomic E-state index is 13.0. The smallest absolute Gasteiger partial charge is 0.317 e. The van der Waals surface area contributed by atoms with E-state index >= 15 is 0 Å². The number of nitrogens with two attached hydrogens (primary N) is 1. The third-order valence-corrected chi connectivity index (χ3v) is 6.96. The first-order chi connectivity index (χ1) is 12.1. The summed E-state index contributed by atoms with van der Waals surface area (Å²) in [6, 6.07) is 0.635. The van der Waals surface area contributed by atoms with Gasteiger partial charge < -0.3 is 20.9 Å². The minimum absolute atomic E-state index is 0.0295. The van der Waals surface area contributed by atoms with Crippen molar-refractivity contribution in [1.82, 2.24) is 15.1 Å². The van der Waals surface area contributed by atoms with E-state index in [0.717, 1.165) is 58.2 Å². The molecule has 3 N–H and O–H groups in total. The molecule has 0 aromatic carbocycles. The van der Waals surface area contributed by atoms with Crippen LogP contribution in [0.3, 0.4) is 0 Å². The predicted octanol–water partition coefficient (Wildman–Crippen LogP) is 1.55. The van der Waals surface area contributed by atoms with Crippen LogP contribution in [-0.4, -0.2) is 60.0 Å². The highest BCUT2D eigenvalue weighted by atomic mass is 16.2. The number of likely N-dealkylation sites (tertiary alicyclic amines) is 2. The summed E-state index contributed by atoms with van der Waals surface area (Å²) >= 11 is 0. The summed E-state index contributed by atoms with van der Waals surface area (Å²) in [4.78, 5) is 29.4. The van der Waals surface area contributed by atoms with Gasteiger partial charge in [-0.25, -0.2) is 4.79 Å². The molecule has 4 rings (SSSR count). The summed E-state index contributed by atoms with van der Waals surface area (Å²) in [7, 11) is 0. The lowest BCUT2D eigenvalue weighted by atomic mass is 9.96. The predicted molar refractivity (Wildman–Crippen MR) is 95.9 cm³/mol. The zero-order valence-corrected chi connectivity index (χ0v) is 15.2. The number of nitrogens with one attached hydrogen (secondary N) is 1. The summed E-state index contributed by atoms with van der Waals surface area (Å²) < 4.78 is 0. The molecule has 2 saturated carbocycles. The van der Waals surface area contributed by atoms with E-state index in [9.17, 15) is 9.59 Å². The Balaban J connectivity index is 1.31. The lowest BCUT2D eigenvalue weighted by molar-refractivity contribution is -0.136. The van der Waals surface area contributed by atoms with Gasteiger partial charge in [0.25, 0.3) is 0 Å². The molecule has 3 amide bonds. The quantitative estimate of drug-likeness (QED) is 0.795. The Morgan fingerprint density at radius 1 is 0.880 bits per heavy atom. The summed E-state index contributed by atoms with van der Waals surface area (Å²) in [5.41, 5.74) is 6.20. The number of piperidine rings is 1. The molecule has 4 aliphatic rings. The number of carbonyl (C=O) groups excluding carboxylic acids is 2. The van der Waals surface area contributed by atoms with Gasteiger partial charge in [-0.05, 0) is 50.4 Å². The number of nitrogens with zero attached hydrogens (tertiary/aromatic N) is 2. The van der Waals surface area contributed by atoms with E-state index in [1.165, 1.54) is 12.8 Å². The van der Waals surface area contributed by atoms with Crippen LogP contribution >= 0.6 is 0 Å². The van der Waals surface area contributed by atoms with E-state index in [1.54, 1.807) is 0 Å². The summed E-state index contributed by atoms with van der Waals surface area (Å²) in [5, 5.41) is 3.16. The van der Waals surface area contributed by atoms with Gasteiger partial charge >= 0.3 is 6.03 Å². The van der Waals surface area contributed by atoms with Crippen LogP contribution < -0.4 is 11.1 Å². The molecule has 2 saturated heterocycles. The van der Waals surface area contributed by atoms with Crippen LogP contribution in [0.1, 0.15) is 51.4 Å². The molecule has 25 heavy (non-hydrogen) atoms. The van der Waals surface area contributed by atoms with Gasteiger partial charge in [0.05, 0.1) is 5.92 Å². The Morgan fingerprint density at radius 2 is 1.68 bits per heavy atom. The van der Waals surface area contributed by atoms with E-state index in [4.69, 9.17) is 5.73 Å². The average Bonchev–Trinajstić information content (AvgIpc) is 3.34. The van der Waals surface area contributed by atoms with Crippen LogP contribution in [0, 0.1) is 17.8 Å². The molecule has 4 fully saturated rings. The first-order valence-corrected chi connectivity index (χ1v) is 10.2. The van der Waals surface area contributed by atoms with Crippen molar-refractivity contribution in [2.24, 2.45) is 23.5 Å². The van der Waals surface area contributed by atoms with Crippen molar-refractivity contribution in [3.63, 3.8) is 0 Å². The molecule has 4 atom stereocenters. The Labute approximate surface area is 150 Å². The van der Waals surface area contributed by atoms with Crippen molar-refractivity contribution < 1.29 is 9.59 Å². The molecule has 2 aliphatic carbocycles. The zero-order chi connectivity index (χ0) is 17.4. The second kappa shape index (κ2) is 7.14. The number of hydrogen-bond acceptors (Lipinski definition) is 3. The minimum Gasteiger partial charge on any atom is -0.342 e. The molecule has 0 bridgehead atoms. The Morgan fingerprint density at radius 3 is 2.44 bits per heavy atom. The van der Waals surface area contributed by atoms with Crippen LogP contribution in [0.25, 0.3) is 0 Å². The zero-order valence-electron chi connectivity index (χ0n) is 15.2. The van der Waals surface area contributed by atoms with E-state index in [1.807, 2.05) is 9.80 Å². The largest absolute Gasteiger partial charge is 0.342 e. The molecule has 0 aromatic rings. The van der Waals surface area contributed by atoms with Crippen molar-refractivity contribution >= 4 is 11.9 Å². The molecule has 2 aliphatic heterocycles. The average molecular weight is 348 g/mol. The lowest BCUT2D eigenvalue weighted by Gasteiger charge is -2.34. The molecule has 2 heterocycles. The third-order valence-electron chi connectivity index (χ3n) is 6.96. The fraction of sp³-hybridized carbons (Fsp3) is 0.895. The van der Waals surface area contributed by atoms with Gasteiger partial charge in [-0.15, -0.1) is 0 Å². The number of carbonyl (C=O) groups is 2. The summed E-state index contributed by atoms with van der Waals surface area (Å²) in [6.45, 7) is 3.06.